The van der Waals surface area contributed by atoms with Gasteiger partial charge in [0.25, 0.3) is 0 Å². The van der Waals surface area contributed by atoms with Crippen LogP contribution in [0.3, 0.4) is 0 Å². The average molecular weight is 398 g/mol. The number of thiazole rings is 1. The van der Waals surface area contributed by atoms with E-state index in [4.69, 9.17) is 9.72 Å². The highest BCUT2D eigenvalue weighted by Crippen LogP contribution is 2.28. The Kier molecular flexibility index (Phi) is 5.55. The van der Waals surface area contributed by atoms with E-state index in [1.807, 2.05) is 26.8 Å². The molecule has 7 heteroatoms. The van der Waals surface area contributed by atoms with Gasteiger partial charge in [-0.15, -0.1) is 11.3 Å². The van der Waals surface area contributed by atoms with Crippen LogP contribution in [0.4, 0.5) is 0 Å². The summed E-state index contributed by atoms with van der Waals surface area (Å²) in [4.78, 5) is 20.6. The van der Waals surface area contributed by atoms with Gasteiger partial charge in [-0.3, -0.25) is 4.90 Å². The SMILES string of the molecule is Cc1cc(OCC2CCCN(C(C)c3ccc4sc(C)nc4n3)C2)nc(C)n1. The number of hydrogen-bond donors (Lipinski definition) is 0. The lowest BCUT2D eigenvalue weighted by atomic mass is 9.97. The van der Waals surface area contributed by atoms with Crippen molar-refractivity contribution in [1.29, 1.82) is 0 Å². The zero-order chi connectivity index (χ0) is 19.7. The highest BCUT2D eigenvalue weighted by molar-refractivity contribution is 7.18. The minimum atomic E-state index is 0.276. The third-order valence-corrected chi connectivity index (χ3v) is 6.24. The highest BCUT2D eigenvalue weighted by Gasteiger charge is 2.26. The summed E-state index contributed by atoms with van der Waals surface area (Å²) in [6.07, 6.45) is 2.36. The number of piperidine rings is 1. The molecule has 28 heavy (non-hydrogen) atoms. The summed E-state index contributed by atoms with van der Waals surface area (Å²) in [5.41, 5.74) is 2.92. The number of hydrogen-bond acceptors (Lipinski definition) is 7. The maximum absolute atomic E-state index is 6.00. The molecule has 1 saturated heterocycles. The van der Waals surface area contributed by atoms with Gasteiger partial charge in [0.05, 0.1) is 22.0 Å². The second-order valence-electron chi connectivity index (χ2n) is 7.68. The monoisotopic (exact) mass is 397 g/mol. The summed E-state index contributed by atoms with van der Waals surface area (Å²) in [5, 5.41) is 1.07. The fourth-order valence-corrected chi connectivity index (χ4v) is 4.68. The largest absolute Gasteiger partial charge is 0.477 e. The van der Waals surface area contributed by atoms with Gasteiger partial charge in [-0.2, -0.15) is 4.98 Å². The Morgan fingerprint density at radius 2 is 2.04 bits per heavy atom. The molecule has 2 unspecified atom stereocenters. The number of aryl methyl sites for hydroxylation is 3. The molecule has 1 aliphatic rings. The van der Waals surface area contributed by atoms with Gasteiger partial charge in [-0.05, 0) is 59.2 Å². The number of nitrogens with zero attached hydrogens (tertiary/aromatic N) is 5. The van der Waals surface area contributed by atoms with Gasteiger partial charge in [-0.25, -0.2) is 15.0 Å². The minimum Gasteiger partial charge on any atom is -0.477 e. The average Bonchev–Trinajstić information content (AvgIpc) is 3.04. The van der Waals surface area contributed by atoms with E-state index in [-0.39, 0.29) is 6.04 Å². The molecule has 0 aromatic carbocycles. The van der Waals surface area contributed by atoms with Gasteiger partial charge in [0.2, 0.25) is 5.88 Å². The van der Waals surface area contributed by atoms with E-state index in [9.17, 15) is 0 Å². The van der Waals surface area contributed by atoms with Crippen LogP contribution in [-0.4, -0.2) is 44.5 Å². The molecular weight excluding hydrogens is 370 g/mol. The van der Waals surface area contributed by atoms with Crippen LogP contribution in [0.15, 0.2) is 18.2 Å². The Morgan fingerprint density at radius 3 is 2.86 bits per heavy atom. The lowest BCUT2D eigenvalue weighted by molar-refractivity contribution is 0.0978. The Bertz CT molecular complexity index is 952. The zero-order valence-electron chi connectivity index (χ0n) is 17.0. The van der Waals surface area contributed by atoms with Crippen LogP contribution < -0.4 is 4.74 Å². The van der Waals surface area contributed by atoms with E-state index in [1.165, 1.54) is 12.8 Å². The second kappa shape index (κ2) is 8.09. The van der Waals surface area contributed by atoms with Gasteiger partial charge in [0.15, 0.2) is 5.65 Å². The number of pyridine rings is 1. The lowest BCUT2D eigenvalue weighted by Gasteiger charge is -2.36. The predicted octanol–water partition coefficient (Wildman–Crippen LogP) is 4.26. The molecule has 0 radical (unpaired) electrons. The molecule has 3 aromatic rings. The van der Waals surface area contributed by atoms with E-state index in [0.29, 0.717) is 18.4 Å². The van der Waals surface area contributed by atoms with E-state index < -0.39 is 0 Å². The van der Waals surface area contributed by atoms with Gasteiger partial charge in [0, 0.05) is 30.3 Å². The predicted molar refractivity (Wildman–Crippen MR) is 112 cm³/mol. The maximum atomic E-state index is 6.00. The van der Waals surface area contributed by atoms with Crippen LogP contribution >= 0.6 is 11.3 Å². The van der Waals surface area contributed by atoms with E-state index in [1.54, 1.807) is 11.3 Å². The molecule has 4 heterocycles. The van der Waals surface area contributed by atoms with Crippen molar-refractivity contribution in [3.8, 4) is 5.88 Å². The number of rotatable bonds is 5. The minimum absolute atomic E-state index is 0.276. The van der Waals surface area contributed by atoms with Crippen LogP contribution in [0.5, 0.6) is 5.88 Å². The first kappa shape index (κ1) is 19.2. The summed E-state index contributed by atoms with van der Waals surface area (Å²) in [6.45, 7) is 11.0. The molecule has 0 bridgehead atoms. The highest BCUT2D eigenvalue weighted by atomic mass is 32.1. The lowest BCUT2D eigenvalue weighted by Crippen LogP contribution is -2.39. The molecular formula is C21H27N5OS. The third-order valence-electron chi connectivity index (χ3n) is 5.32. The van der Waals surface area contributed by atoms with E-state index in [0.717, 1.165) is 45.7 Å². The van der Waals surface area contributed by atoms with Crippen LogP contribution in [0.25, 0.3) is 10.3 Å². The van der Waals surface area contributed by atoms with Crippen molar-refractivity contribution < 1.29 is 4.74 Å². The molecule has 0 amide bonds. The topological polar surface area (TPSA) is 64.0 Å². The third kappa shape index (κ3) is 4.31. The molecule has 6 nitrogen and oxygen atoms in total. The van der Waals surface area contributed by atoms with Crippen LogP contribution in [0, 0.1) is 26.7 Å². The first-order chi connectivity index (χ1) is 13.5. The van der Waals surface area contributed by atoms with Gasteiger partial charge in [0.1, 0.15) is 5.82 Å². The van der Waals surface area contributed by atoms with Crippen molar-refractivity contribution in [2.24, 2.45) is 5.92 Å². The quantitative estimate of drug-likeness (QED) is 0.641. The molecule has 1 fully saturated rings. The molecule has 2 atom stereocenters. The Labute approximate surface area is 170 Å². The van der Waals surface area contributed by atoms with Gasteiger partial charge in [-0.1, -0.05) is 0 Å². The summed E-state index contributed by atoms with van der Waals surface area (Å²) in [7, 11) is 0. The molecule has 0 N–H and O–H groups in total. The number of fused-ring (bicyclic) bond motifs is 1. The van der Waals surface area contributed by atoms with Crippen molar-refractivity contribution in [2.45, 2.75) is 46.6 Å². The number of ether oxygens (including phenoxy) is 1. The Balaban J connectivity index is 1.40. The van der Waals surface area contributed by atoms with Crippen LogP contribution in [0.2, 0.25) is 0 Å². The number of likely N-dealkylation sites (tertiary alicyclic amines) is 1. The zero-order valence-corrected chi connectivity index (χ0v) is 17.8. The van der Waals surface area contributed by atoms with E-state index >= 15 is 0 Å². The van der Waals surface area contributed by atoms with Crippen molar-refractivity contribution in [1.82, 2.24) is 24.8 Å². The van der Waals surface area contributed by atoms with Crippen LogP contribution in [-0.2, 0) is 0 Å². The molecule has 0 aliphatic carbocycles. The van der Waals surface area contributed by atoms with Crippen molar-refractivity contribution in [3.63, 3.8) is 0 Å². The normalized spacial score (nSPS) is 19.1. The summed E-state index contributed by atoms with van der Waals surface area (Å²) in [6, 6.07) is 6.49. The smallest absolute Gasteiger partial charge is 0.216 e. The van der Waals surface area contributed by atoms with Crippen molar-refractivity contribution in [2.75, 3.05) is 19.7 Å². The summed E-state index contributed by atoms with van der Waals surface area (Å²) >= 11 is 1.70. The maximum Gasteiger partial charge on any atom is 0.216 e. The summed E-state index contributed by atoms with van der Waals surface area (Å²) < 4.78 is 7.16. The molecule has 1 aliphatic heterocycles. The molecule has 148 valence electrons. The van der Waals surface area contributed by atoms with Crippen LogP contribution in [0.1, 0.15) is 48.0 Å². The second-order valence-corrected chi connectivity index (χ2v) is 8.91. The standard InChI is InChI=1S/C21H27N5OS/c1-13-10-20(23-15(3)22-13)27-12-17-6-5-9-26(11-17)14(2)18-7-8-19-21(25-18)24-16(4)28-19/h7-8,10,14,17H,5-6,9,11-12H2,1-4H3. The Morgan fingerprint density at radius 1 is 1.18 bits per heavy atom. The van der Waals surface area contributed by atoms with E-state index in [2.05, 4.69) is 38.9 Å². The Hall–Kier alpha value is -2.12. The molecule has 3 aromatic heterocycles. The van der Waals surface area contributed by atoms with Crippen molar-refractivity contribution in [3.05, 3.63) is 40.4 Å². The number of aromatic nitrogens is 4. The van der Waals surface area contributed by atoms with Gasteiger partial charge >= 0.3 is 0 Å². The first-order valence-electron chi connectivity index (χ1n) is 9.91. The molecule has 0 spiro atoms. The van der Waals surface area contributed by atoms with Gasteiger partial charge < -0.3 is 4.74 Å². The van der Waals surface area contributed by atoms with Crippen molar-refractivity contribution >= 4 is 21.7 Å². The first-order valence-corrected chi connectivity index (χ1v) is 10.7. The molecule has 0 saturated carbocycles. The summed E-state index contributed by atoms with van der Waals surface area (Å²) in [5.74, 6) is 1.94. The molecule has 4 rings (SSSR count). The fraction of sp³-hybridized carbons (Fsp3) is 0.524. The fourth-order valence-electron chi connectivity index (χ4n) is 3.91.